The topological polar surface area (TPSA) is 46.2 Å². The first-order valence-corrected chi connectivity index (χ1v) is 5.60. The van der Waals surface area contributed by atoms with Crippen LogP contribution in [0.4, 0.5) is 0 Å². The van der Waals surface area contributed by atoms with Crippen LogP contribution in [0.15, 0.2) is 24.3 Å². The van der Waals surface area contributed by atoms with Gasteiger partial charge in [-0.1, -0.05) is 24.3 Å². The van der Waals surface area contributed by atoms with Crippen molar-refractivity contribution in [2.24, 2.45) is 5.73 Å². The van der Waals surface area contributed by atoms with Gasteiger partial charge in [0.05, 0.1) is 6.10 Å². The summed E-state index contributed by atoms with van der Waals surface area (Å²) in [5, 5.41) is 9.42. The third kappa shape index (κ3) is 1.80. The summed E-state index contributed by atoms with van der Waals surface area (Å²) in [6, 6.07) is 8.44. The first-order valence-electron chi connectivity index (χ1n) is 5.60. The number of hydrogen-bond donors (Lipinski definition) is 2. The molecule has 0 heterocycles. The zero-order valence-electron chi connectivity index (χ0n) is 9.40. The molecule has 1 aromatic rings. The Bertz CT molecular complexity index is 336. The molecule has 0 radical (unpaired) electrons. The molecule has 82 valence electrons. The van der Waals surface area contributed by atoms with Crippen LogP contribution >= 0.6 is 0 Å². The van der Waals surface area contributed by atoms with Crippen molar-refractivity contribution < 1.29 is 5.11 Å². The molecule has 2 nitrogen and oxygen atoms in total. The van der Waals surface area contributed by atoms with Crippen molar-refractivity contribution in [2.45, 2.75) is 44.2 Å². The molecule has 0 amide bonds. The first-order chi connectivity index (χ1) is 7.06. The average Bonchev–Trinajstić information content (AvgIpc) is 2.98. The van der Waals surface area contributed by atoms with Crippen LogP contribution in [0.25, 0.3) is 0 Å². The Hall–Kier alpha value is -0.860. The Morgan fingerprint density at radius 3 is 2.07 bits per heavy atom. The van der Waals surface area contributed by atoms with E-state index in [0.717, 1.165) is 5.56 Å². The Kier molecular flexibility index (Phi) is 2.57. The van der Waals surface area contributed by atoms with Gasteiger partial charge in [0, 0.05) is 11.5 Å². The molecule has 0 bridgehead atoms. The van der Waals surface area contributed by atoms with Gasteiger partial charge < -0.3 is 10.8 Å². The smallest absolute Gasteiger partial charge is 0.0761 e. The highest BCUT2D eigenvalue weighted by atomic mass is 16.3. The largest absolute Gasteiger partial charge is 0.389 e. The predicted molar refractivity (Wildman–Crippen MR) is 61.6 cm³/mol. The SMILES string of the molecule is CC(O)c1ccc(C2(C(C)N)CC2)cc1. The van der Waals surface area contributed by atoms with Gasteiger partial charge in [0.25, 0.3) is 0 Å². The fraction of sp³-hybridized carbons (Fsp3) is 0.538. The second kappa shape index (κ2) is 3.62. The molecule has 1 aromatic carbocycles. The molecule has 1 saturated carbocycles. The van der Waals surface area contributed by atoms with Gasteiger partial charge in [-0.15, -0.1) is 0 Å². The van der Waals surface area contributed by atoms with E-state index in [1.807, 2.05) is 12.1 Å². The summed E-state index contributed by atoms with van der Waals surface area (Å²) < 4.78 is 0. The van der Waals surface area contributed by atoms with Crippen LogP contribution in [0.5, 0.6) is 0 Å². The van der Waals surface area contributed by atoms with Crippen molar-refractivity contribution in [1.29, 1.82) is 0 Å². The third-order valence-electron chi connectivity index (χ3n) is 3.63. The number of benzene rings is 1. The van der Waals surface area contributed by atoms with E-state index in [-0.39, 0.29) is 17.6 Å². The summed E-state index contributed by atoms with van der Waals surface area (Å²) in [6.45, 7) is 3.86. The van der Waals surface area contributed by atoms with Crippen molar-refractivity contribution in [3.63, 3.8) is 0 Å². The van der Waals surface area contributed by atoms with E-state index in [4.69, 9.17) is 5.73 Å². The minimum absolute atomic E-state index is 0.217. The molecule has 0 aliphatic heterocycles. The number of aliphatic hydroxyl groups excluding tert-OH is 1. The molecule has 2 rings (SSSR count). The highest BCUT2D eigenvalue weighted by Crippen LogP contribution is 2.50. The summed E-state index contributed by atoms with van der Waals surface area (Å²) in [7, 11) is 0. The van der Waals surface area contributed by atoms with Gasteiger partial charge in [0.1, 0.15) is 0 Å². The van der Waals surface area contributed by atoms with Gasteiger partial charge in [-0.05, 0) is 37.8 Å². The molecule has 3 N–H and O–H groups in total. The van der Waals surface area contributed by atoms with Crippen molar-refractivity contribution in [3.05, 3.63) is 35.4 Å². The summed E-state index contributed by atoms with van der Waals surface area (Å²) >= 11 is 0. The van der Waals surface area contributed by atoms with E-state index in [1.54, 1.807) is 6.92 Å². The molecule has 0 spiro atoms. The van der Waals surface area contributed by atoms with Gasteiger partial charge in [-0.25, -0.2) is 0 Å². The Morgan fingerprint density at radius 1 is 1.20 bits per heavy atom. The van der Waals surface area contributed by atoms with Crippen LogP contribution in [-0.2, 0) is 5.41 Å². The van der Waals surface area contributed by atoms with Gasteiger partial charge in [-0.3, -0.25) is 0 Å². The summed E-state index contributed by atoms with van der Waals surface area (Å²) in [5.41, 5.74) is 8.53. The van der Waals surface area contributed by atoms with E-state index in [9.17, 15) is 5.11 Å². The van der Waals surface area contributed by atoms with Crippen LogP contribution in [0.2, 0.25) is 0 Å². The normalized spacial score (nSPS) is 22.1. The third-order valence-corrected chi connectivity index (χ3v) is 3.63. The fourth-order valence-electron chi connectivity index (χ4n) is 2.24. The molecule has 1 aliphatic rings. The maximum Gasteiger partial charge on any atom is 0.0761 e. The van der Waals surface area contributed by atoms with E-state index < -0.39 is 0 Å². The van der Waals surface area contributed by atoms with Gasteiger partial charge in [0.2, 0.25) is 0 Å². The van der Waals surface area contributed by atoms with Crippen LogP contribution in [0.1, 0.15) is 43.9 Å². The second-order valence-electron chi connectivity index (χ2n) is 4.74. The summed E-state index contributed by atoms with van der Waals surface area (Å²) in [6.07, 6.45) is 2.00. The molecule has 1 aliphatic carbocycles. The van der Waals surface area contributed by atoms with Crippen molar-refractivity contribution in [2.75, 3.05) is 0 Å². The maximum atomic E-state index is 9.42. The lowest BCUT2D eigenvalue weighted by Gasteiger charge is -2.20. The molecule has 2 unspecified atom stereocenters. The zero-order chi connectivity index (χ0) is 11.1. The van der Waals surface area contributed by atoms with Crippen molar-refractivity contribution >= 4 is 0 Å². The first kappa shape index (κ1) is 10.7. The van der Waals surface area contributed by atoms with Crippen molar-refractivity contribution in [3.8, 4) is 0 Å². The van der Waals surface area contributed by atoms with Gasteiger partial charge in [0.15, 0.2) is 0 Å². The number of rotatable bonds is 3. The Labute approximate surface area is 91.1 Å². The quantitative estimate of drug-likeness (QED) is 0.794. The standard InChI is InChI=1S/C13H19NO/c1-9(15)11-3-5-12(6-4-11)13(7-8-13)10(2)14/h3-6,9-10,15H,7-8,14H2,1-2H3. The Morgan fingerprint density at radius 2 is 1.73 bits per heavy atom. The molecule has 1 fully saturated rings. The zero-order valence-corrected chi connectivity index (χ0v) is 9.40. The number of aliphatic hydroxyl groups is 1. The lowest BCUT2D eigenvalue weighted by Crippen LogP contribution is -2.31. The van der Waals surface area contributed by atoms with E-state index >= 15 is 0 Å². The van der Waals surface area contributed by atoms with Crippen LogP contribution in [0, 0.1) is 0 Å². The molecule has 2 atom stereocenters. The molecule has 2 heteroatoms. The van der Waals surface area contributed by atoms with Crippen LogP contribution < -0.4 is 5.73 Å². The average molecular weight is 205 g/mol. The lowest BCUT2D eigenvalue weighted by atomic mass is 9.89. The second-order valence-corrected chi connectivity index (χ2v) is 4.74. The Balaban J connectivity index is 2.24. The summed E-state index contributed by atoms with van der Waals surface area (Å²) in [5.74, 6) is 0. The van der Waals surface area contributed by atoms with Crippen molar-refractivity contribution in [1.82, 2.24) is 0 Å². The number of nitrogens with two attached hydrogens (primary N) is 1. The minimum atomic E-state index is -0.385. The monoisotopic (exact) mass is 205 g/mol. The maximum absolute atomic E-state index is 9.42. The van der Waals surface area contributed by atoms with Crippen LogP contribution in [-0.4, -0.2) is 11.1 Å². The summed E-state index contributed by atoms with van der Waals surface area (Å²) in [4.78, 5) is 0. The van der Waals surface area contributed by atoms with Crippen LogP contribution in [0.3, 0.4) is 0 Å². The minimum Gasteiger partial charge on any atom is -0.389 e. The van der Waals surface area contributed by atoms with Gasteiger partial charge in [-0.2, -0.15) is 0 Å². The molecular weight excluding hydrogens is 186 g/mol. The highest BCUT2D eigenvalue weighted by Gasteiger charge is 2.47. The molecule has 15 heavy (non-hydrogen) atoms. The van der Waals surface area contributed by atoms with Gasteiger partial charge >= 0.3 is 0 Å². The van der Waals surface area contributed by atoms with E-state index in [0.29, 0.717) is 0 Å². The lowest BCUT2D eigenvalue weighted by molar-refractivity contribution is 0.199. The highest BCUT2D eigenvalue weighted by molar-refractivity contribution is 5.36. The van der Waals surface area contributed by atoms with E-state index in [1.165, 1.54) is 18.4 Å². The fourth-order valence-corrected chi connectivity index (χ4v) is 2.24. The predicted octanol–water partition coefficient (Wildman–Crippen LogP) is 2.12. The van der Waals surface area contributed by atoms with E-state index in [2.05, 4.69) is 19.1 Å². The molecular formula is C13H19NO. The molecule has 0 aromatic heterocycles. The number of hydrogen-bond acceptors (Lipinski definition) is 2. The molecule has 0 saturated heterocycles.